The fourth-order valence-corrected chi connectivity index (χ4v) is 13.5. The van der Waals surface area contributed by atoms with E-state index in [-0.39, 0.29) is 0 Å². The molecule has 0 radical (unpaired) electrons. The van der Waals surface area contributed by atoms with E-state index in [4.69, 9.17) is 0 Å². The molecule has 0 aromatic carbocycles. The molecular weight excluding hydrogens is 324 g/mol. The van der Waals surface area contributed by atoms with Crippen LogP contribution in [0.2, 0.25) is 0 Å². The lowest BCUT2D eigenvalue weighted by molar-refractivity contribution is -0.467. The van der Waals surface area contributed by atoms with Crippen molar-refractivity contribution in [1.82, 2.24) is 0 Å². The second-order valence-electron chi connectivity index (χ2n) is 13.6. The van der Waals surface area contributed by atoms with Gasteiger partial charge in [0.05, 0.1) is 0 Å². The molecule has 8 rings (SSSR count). The molecule has 7 spiro atoms. The molecule has 0 aliphatic heterocycles. The van der Waals surface area contributed by atoms with Crippen molar-refractivity contribution in [3.05, 3.63) is 0 Å². The van der Waals surface area contributed by atoms with Crippen LogP contribution in [0.5, 0.6) is 0 Å². The van der Waals surface area contributed by atoms with Gasteiger partial charge in [0.2, 0.25) is 0 Å². The molecule has 8 fully saturated rings. The van der Waals surface area contributed by atoms with E-state index >= 15 is 0 Å². The molecule has 0 aromatic heterocycles. The zero-order valence-corrected chi connectivity index (χ0v) is 18.0. The van der Waals surface area contributed by atoms with Crippen LogP contribution in [0.15, 0.2) is 0 Å². The highest BCUT2D eigenvalue weighted by molar-refractivity contribution is 5.40. The van der Waals surface area contributed by atoms with Gasteiger partial charge in [-0.25, -0.2) is 0 Å². The molecule has 8 aliphatic carbocycles. The molecule has 0 unspecified atom stereocenters. The van der Waals surface area contributed by atoms with E-state index in [0.717, 1.165) is 49.7 Å². The van der Waals surface area contributed by atoms with E-state index in [0.29, 0.717) is 0 Å². The monoisotopic (exact) mass is 364 g/mol. The maximum Gasteiger partial charge on any atom is -0.0173 e. The molecule has 0 saturated heterocycles. The van der Waals surface area contributed by atoms with Crippen LogP contribution in [0.25, 0.3) is 0 Å². The Balaban J connectivity index is 1.23. The molecule has 8 aliphatic rings. The Kier molecular flexibility index (Phi) is 2.32. The smallest absolute Gasteiger partial charge is 0.0173 e. The van der Waals surface area contributed by atoms with Crippen molar-refractivity contribution < 1.29 is 0 Å². The molecule has 8 saturated carbocycles. The largest absolute Gasteiger partial charge is 0.0620 e. The summed E-state index contributed by atoms with van der Waals surface area (Å²) in [4.78, 5) is 0. The standard InChI is InChI=1S/C27H40/c1-19-3-5-21(19)7-9-23(21)11-13-25(23)15-17-27(25)18-16-26(27)14-12-24(26)10-8-22(24)6-4-20(22)2/h19-20H,3-18H2,1-2H3/t19-,20-,21-,22-,23+,24+,25-,26-,27?/m1/s1. The van der Waals surface area contributed by atoms with Crippen LogP contribution in [0.3, 0.4) is 0 Å². The first kappa shape index (κ1) is 15.8. The third-order valence-corrected chi connectivity index (χ3v) is 15.4. The predicted octanol–water partition coefficient (Wildman–Crippen LogP) is 7.51. The lowest BCUT2D eigenvalue weighted by Gasteiger charge is -2.95. The van der Waals surface area contributed by atoms with Crippen LogP contribution in [0.4, 0.5) is 0 Å². The Morgan fingerprint density at radius 3 is 0.815 bits per heavy atom. The lowest BCUT2D eigenvalue weighted by Crippen LogP contribution is -2.88. The van der Waals surface area contributed by atoms with Crippen LogP contribution >= 0.6 is 0 Å². The maximum atomic E-state index is 2.64. The van der Waals surface area contributed by atoms with Crippen LogP contribution < -0.4 is 0 Å². The summed E-state index contributed by atoms with van der Waals surface area (Å²) in [6.45, 7) is 5.28. The first-order valence-corrected chi connectivity index (χ1v) is 13.0. The fourth-order valence-electron chi connectivity index (χ4n) is 13.5. The average molecular weight is 365 g/mol. The van der Waals surface area contributed by atoms with E-state index in [1.807, 2.05) is 0 Å². The molecule has 148 valence electrons. The summed E-state index contributed by atoms with van der Waals surface area (Å²) in [7, 11) is 0. The Morgan fingerprint density at radius 1 is 0.370 bits per heavy atom. The highest BCUT2D eigenvalue weighted by Crippen LogP contribution is 3.00. The minimum absolute atomic E-state index is 0.841. The van der Waals surface area contributed by atoms with Gasteiger partial charge >= 0.3 is 0 Å². The third-order valence-electron chi connectivity index (χ3n) is 15.4. The van der Waals surface area contributed by atoms with Crippen LogP contribution in [-0.2, 0) is 0 Å². The number of rotatable bonds is 0. The van der Waals surface area contributed by atoms with Gasteiger partial charge in [-0.3, -0.25) is 0 Å². The quantitative estimate of drug-likeness (QED) is 0.417. The van der Waals surface area contributed by atoms with Crippen molar-refractivity contribution in [1.29, 1.82) is 0 Å². The van der Waals surface area contributed by atoms with Crippen molar-refractivity contribution in [2.75, 3.05) is 0 Å². The van der Waals surface area contributed by atoms with E-state index in [1.165, 1.54) is 0 Å². The van der Waals surface area contributed by atoms with Gasteiger partial charge in [-0.2, -0.15) is 0 Å². The summed E-state index contributed by atoms with van der Waals surface area (Å²) < 4.78 is 0. The Hall–Kier alpha value is 0. The first-order valence-electron chi connectivity index (χ1n) is 13.0. The first-order chi connectivity index (χ1) is 13.0. The summed E-state index contributed by atoms with van der Waals surface area (Å²) >= 11 is 0. The lowest BCUT2D eigenvalue weighted by atomic mass is 9.09. The molecule has 8 atom stereocenters. The van der Waals surface area contributed by atoms with Crippen LogP contribution in [0.1, 0.15) is 117 Å². The summed E-state index contributed by atoms with van der Waals surface area (Å²) in [5.74, 6) is 2.13. The zero-order valence-electron chi connectivity index (χ0n) is 18.0. The van der Waals surface area contributed by atoms with Crippen molar-refractivity contribution in [3.8, 4) is 0 Å². The van der Waals surface area contributed by atoms with E-state index in [2.05, 4.69) is 13.8 Å². The van der Waals surface area contributed by atoms with Gasteiger partial charge in [0.15, 0.2) is 0 Å². The van der Waals surface area contributed by atoms with Crippen molar-refractivity contribution in [2.45, 2.75) is 117 Å². The normalized spacial score (nSPS) is 68.7. The van der Waals surface area contributed by atoms with Gasteiger partial charge in [-0.05, 0) is 152 Å². The minimum atomic E-state index is 0.841. The summed E-state index contributed by atoms with van der Waals surface area (Å²) in [5, 5.41) is 0. The fraction of sp³-hybridized carbons (Fsp3) is 1.00. The third kappa shape index (κ3) is 1.04. The second kappa shape index (κ2) is 3.97. The molecule has 27 heavy (non-hydrogen) atoms. The molecule has 0 heterocycles. The molecule has 0 N–H and O–H groups in total. The molecule has 0 aromatic rings. The number of hydrogen-bond acceptors (Lipinski definition) is 0. The van der Waals surface area contributed by atoms with E-state index in [9.17, 15) is 0 Å². The Morgan fingerprint density at radius 2 is 0.667 bits per heavy atom. The van der Waals surface area contributed by atoms with E-state index in [1.54, 1.807) is 103 Å². The number of fused-ring (bicyclic) bond motifs is 6. The topological polar surface area (TPSA) is 0 Å². The van der Waals surface area contributed by atoms with Crippen LogP contribution in [-0.4, -0.2) is 0 Å². The predicted molar refractivity (Wildman–Crippen MR) is 109 cm³/mol. The molecule has 0 nitrogen and oxygen atoms in total. The average Bonchev–Trinajstić information content (AvgIpc) is 2.47. The van der Waals surface area contributed by atoms with Gasteiger partial charge in [-0.1, -0.05) is 13.8 Å². The van der Waals surface area contributed by atoms with Crippen LogP contribution in [0, 0.1) is 49.7 Å². The van der Waals surface area contributed by atoms with Crippen molar-refractivity contribution in [2.24, 2.45) is 49.7 Å². The van der Waals surface area contributed by atoms with Gasteiger partial charge in [0.1, 0.15) is 0 Å². The summed E-state index contributed by atoms with van der Waals surface area (Å²) in [6.07, 6.45) is 26.1. The molecule has 0 amide bonds. The SMILES string of the molecule is C[C@@H]1CC[C@@]12CC[C@]21CC[C@@]12CCC21CC[C@@]12CC[C@]21CC[C@@]12CC[C@H]2C. The molecule has 0 bridgehead atoms. The Labute approximate surface area is 166 Å². The Bertz CT molecular complexity index is 678. The van der Waals surface area contributed by atoms with E-state index < -0.39 is 0 Å². The van der Waals surface area contributed by atoms with Crippen molar-refractivity contribution in [3.63, 3.8) is 0 Å². The number of hydrogen-bond donors (Lipinski definition) is 0. The van der Waals surface area contributed by atoms with Gasteiger partial charge in [0.25, 0.3) is 0 Å². The highest BCUT2D eigenvalue weighted by Gasteiger charge is 2.92. The van der Waals surface area contributed by atoms with Crippen molar-refractivity contribution >= 4 is 0 Å². The maximum absolute atomic E-state index is 2.64. The highest BCUT2D eigenvalue weighted by atomic mass is 15.0. The zero-order chi connectivity index (χ0) is 18.0. The van der Waals surface area contributed by atoms with Gasteiger partial charge in [0, 0.05) is 0 Å². The second-order valence-corrected chi connectivity index (χ2v) is 13.6. The minimum Gasteiger partial charge on any atom is -0.0620 e. The molecular formula is C27H40. The molecule has 0 heteroatoms. The van der Waals surface area contributed by atoms with Gasteiger partial charge in [-0.15, -0.1) is 0 Å². The summed E-state index contributed by atoms with van der Waals surface area (Å²) in [6, 6.07) is 0. The summed E-state index contributed by atoms with van der Waals surface area (Å²) in [5.41, 5.74) is 5.93. The van der Waals surface area contributed by atoms with Gasteiger partial charge < -0.3 is 0 Å².